The summed E-state index contributed by atoms with van der Waals surface area (Å²) in [6.45, 7) is 0. The Morgan fingerprint density at radius 1 is 1.19 bits per heavy atom. The van der Waals surface area contributed by atoms with E-state index in [0.717, 1.165) is 17.2 Å². The number of hydrogen-bond acceptors (Lipinski definition) is 8. The average Bonchev–Trinajstić information content (AvgIpc) is 3.22. The Bertz CT molecular complexity index is 1420. The molecule has 32 heavy (non-hydrogen) atoms. The zero-order chi connectivity index (χ0) is 22.9. The molecular weight excluding hydrogens is 432 g/mol. The standard InChI is InChI=1S/C21H22N6O4S/c1-31-14-7-5-6-13(12-14)19-25-20-15-8-3-4-9-16(15)23-21(27(20)26-19)24-17(18(22)28)10-11-32(2,29)30/h3-9,12,17H,10-11H2,1-2H3,(H2,22,28)(H,23,24)/t17-/m1/s1. The summed E-state index contributed by atoms with van der Waals surface area (Å²) in [6, 6.07) is 13.8. The average molecular weight is 455 g/mol. The SMILES string of the molecule is COc1cccc(-c2nc3c4ccccc4nc(N[C@H](CCS(C)(=O)=O)C(N)=O)n3n2)c1. The van der Waals surface area contributed by atoms with Crippen molar-refractivity contribution in [3.63, 3.8) is 0 Å². The van der Waals surface area contributed by atoms with E-state index in [0.29, 0.717) is 22.7 Å². The van der Waals surface area contributed by atoms with Crippen LogP contribution in [0.4, 0.5) is 5.95 Å². The molecule has 0 saturated heterocycles. The summed E-state index contributed by atoms with van der Waals surface area (Å²) in [4.78, 5) is 21.3. The van der Waals surface area contributed by atoms with Gasteiger partial charge in [0.1, 0.15) is 21.6 Å². The van der Waals surface area contributed by atoms with E-state index in [9.17, 15) is 13.2 Å². The van der Waals surface area contributed by atoms with Crippen molar-refractivity contribution in [3.8, 4) is 17.1 Å². The third kappa shape index (κ3) is 4.47. The number of fused-ring (bicyclic) bond motifs is 3. The molecule has 2 heterocycles. The number of carbonyl (C=O) groups is 1. The van der Waals surface area contributed by atoms with Gasteiger partial charge in [0.25, 0.3) is 0 Å². The molecule has 4 aromatic rings. The molecule has 2 aromatic carbocycles. The maximum atomic E-state index is 12.0. The Morgan fingerprint density at radius 3 is 2.69 bits per heavy atom. The van der Waals surface area contributed by atoms with E-state index >= 15 is 0 Å². The van der Waals surface area contributed by atoms with Gasteiger partial charge in [0.15, 0.2) is 11.5 Å². The topological polar surface area (TPSA) is 142 Å². The van der Waals surface area contributed by atoms with Crippen LogP contribution in [-0.2, 0) is 14.6 Å². The molecule has 0 unspecified atom stereocenters. The molecule has 166 valence electrons. The number of para-hydroxylation sites is 1. The predicted molar refractivity (Wildman–Crippen MR) is 121 cm³/mol. The van der Waals surface area contributed by atoms with E-state index in [-0.39, 0.29) is 18.1 Å². The van der Waals surface area contributed by atoms with Gasteiger partial charge >= 0.3 is 0 Å². The molecule has 0 bridgehead atoms. The Morgan fingerprint density at radius 2 is 1.97 bits per heavy atom. The fourth-order valence-corrected chi connectivity index (χ4v) is 3.97. The highest BCUT2D eigenvalue weighted by Crippen LogP contribution is 2.26. The number of carbonyl (C=O) groups excluding carboxylic acids is 1. The molecule has 2 aromatic heterocycles. The molecule has 0 fully saturated rings. The van der Waals surface area contributed by atoms with Crippen LogP contribution in [0.1, 0.15) is 6.42 Å². The largest absolute Gasteiger partial charge is 0.497 e. The van der Waals surface area contributed by atoms with Gasteiger partial charge in [-0.05, 0) is 30.7 Å². The van der Waals surface area contributed by atoms with E-state index in [1.807, 2.05) is 48.5 Å². The van der Waals surface area contributed by atoms with Crippen LogP contribution in [0.15, 0.2) is 48.5 Å². The van der Waals surface area contributed by atoms with E-state index in [4.69, 9.17) is 10.5 Å². The van der Waals surface area contributed by atoms with Crippen molar-refractivity contribution < 1.29 is 17.9 Å². The Labute approximate surface area is 184 Å². The number of nitrogens with zero attached hydrogens (tertiary/aromatic N) is 4. The van der Waals surface area contributed by atoms with Crippen LogP contribution in [0, 0.1) is 0 Å². The Kier molecular flexibility index (Phi) is 5.66. The number of benzene rings is 2. The van der Waals surface area contributed by atoms with Gasteiger partial charge in [0.2, 0.25) is 11.9 Å². The summed E-state index contributed by atoms with van der Waals surface area (Å²) in [5.41, 5.74) is 7.43. The van der Waals surface area contributed by atoms with Gasteiger partial charge < -0.3 is 15.8 Å². The minimum atomic E-state index is -3.28. The lowest BCUT2D eigenvalue weighted by atomic mass is 10.2. The number of ether oxygens (including phenoxy) is 1. The van der Waals surface area contributed by atoms with Crippen LogP contribution in [-0.4, -0.2) is 59.1 Å². The molecule has 3 N–H and O–H groups in total. The van der Waals surface area contributed by atoms with Crippen molar-refractivity contribution in [2.45, 2.75) is 12.5 Å². The van der Waals surface area contributed by atoms with Gasteiger partial charge in [-0.2, -0.15) is 4.52 Å². The number of methoxy groups -OCH3 is 1. The lowest BCUT2D eigenvalue weighted by molar-refractivity contribution is -0.118. The third-order valence-corrected chi connectivity index (χ3v) is 5.91. The van der Waals surface area contributed by atoms with Crippen LogP contribution in [0.5, 0.6) is 5.75 Å². The maximum Gasteiger partial charge on any atom is 0.240 e. The molecule has 0 aliphatic carbocycles. The molecule has 0 radical (unpaired) electrons. The fourth-order valence-electron chi connectivity index (χ4n) is 3.31. The van der Waals surface area contributed by atoms with Gasteiger partial charge in [-0.1, -0.05) is 24.3 Å². The van der Waals surface area contributed by atoms with E-state index in [1.165, 1.54) is 4.52 Å². The monoisotopic (exact) mass is 454 g/mol. The molecule has 10 nitrogen and oxygen atoms in total. The van der Waals surface area contributed by atoms with E-state index in [1.54, 1.807) is 7.11 Å². The maximum absolute atomic E-state index is 12.0. The molecule has 11 heteroatoms. The fraction of sp³-hybridized carbons (Fsp3) is 0.238. The number of anilines is 1. The summed E-state index contributed by atoms with van der Waals surface area (Å²) < 4.78 is 29.9. The number of aromatic nitrogens is 4. The summed E-state index contributed by atoms with van der Waals surface area (Å²) >= 11 is 0. The van der Waals surface area contributed by atoms with Gasteiger partial charge in [0, 0.05) is 17.2 Å². The first kappa shape index (κ1) is 21.5. The normalized spacial score (nSPS) is 12.7. The Balaban J connectivity index is 1.83. The number of sulfone groups is 1. The highest BCUT2D eigenvalue weighted by atomic mass is 32.2. The number of rotatable bonds is 8. The first-order valence-corrected chi connectivity index (χ1v) is 11.8. The minimum absolute atomic E-state index is 0.00159. The van der Waals surface area contributed by atoms with Crippen molar-refractivity contribution in [2.24, 2.45) is 5.73 Å². The van der Waals surface area contributed by atoms with Crippen molar-refractivity contribution >= 4 is 38.2 Å². The second-order valence-electron chi connectivity index (χ2n) is 7.37. The van der Waals surface area contributed by atoms with Gasteiger partial charge in [-0.3, -0.25) is 4.79 Å². The molecule has 4 rings (SSSR count). The summed E-state index contributed by atoms with van der Waals surface area (Å²) in [6.07, 6.45) is 1.11. The second kappa shape index (κ2) is 8.42. The highest BCUT2D eigenvalue weighted by Gasteiger charge is 2.22. The lowest BCUT2D eigenvalue weighted by Gasteiger charge is -2.16. The number of amides is 1. The van der Waals surface area contributed by atoms with Gasteiger partial charge in [-0.25, -0.2) is 18.4 Å². The van der Waals surface area contributed by atoms with Crippen LogP contribution >= 0.6 is 0 Å². The Hall–Kier alpha value is -3.73. The summed E-state index contributed by atoms with van der Waals surface area (Å²) in [5, 5.41) is 8.31. The highest BCUT2D eigenvalue weighted by molar-refractivity contribution is 7.90. The van der Waals surface area contributed by atoms with Gasteiger partial charge in [0.05, 0.1) is 18.4 Å². The zero-order valence-electron chi connectivity index (χ0n) is 17.5. The molecule has 0 saturated carbocycles. The smallest absolute Gasteiger partial charge is 0.240 e. The first-order chi connectivity index (χ1) is 15.2. The number of primary amides is 1. The van der Waals surface area contributed by atoms with Crippen LogP contribution in [0.3, 0.4) is 0 Å². The van der Waals surface area contributed by atoms with Gasteiger partial charge in [-0.15, -0.1) is 5.10 Å². The zero-order valence-corrected chi connectivity index (χ0v) is 18.3. The second-order valence-corrected chi connectivity index (χ2v) is 9.63. The molecule has 1 atom stereocenters. The van der Waals surface area contributed by atoms with Crippen molar-refractivity contribution in [1.82, 2.24) is 19.6 Å². The van der Waals surface area contributed by atoms with Crippen molar-refractivity contribution in [2.75, 3.05) is 24.4 Å². The number of nitrogens with one attached hydrogen (secondary N) is 1. The van der Waals surface area contributed by atoms with E-state index < -0.39 is 21.8 Å². The lowest BCUT2D eigenvalue weighted by Crippen LogP contribution is -2.37. The summed E-state index contributed by atoms with van der Waals surface area (Å²) in [5.74, 6) is 0.452. The first-order valence-electron chi connectivity index (χ1n) is 9.78. The van der Waals surface area contributed by atoms with Crippen LogP contribution in [0.25, 0.3) is 27.9 Å². The van der Waals surface area contributed by atoms with E-state index in [2.05, 4.69) is 20.4 Å². The quantitative estimate of drug-likeness (QED) is 0.409. The van der Waals surface area contributed by atoms with Crippen LogP contribution in [0.2, 0.25) is 0 Å². The van der Waals surface area contributed by atoms with Crippen LogP contribution < -0.4 is 15.8 Å². The third-order valence-electron chi connectivity index (χ3n) is 4.93. The number of nitrogens with two attached hydrogens (primary N) is 1. The molecule has 0 aliphatic heterocycles. The molecular formula is C21H22N6O4S. The number of hydrogen-bond donors (Lipinski definition) is 2. The predicted octanol–water partition coefficient (Wildman–Crippen LogP) is 1.65. The minimum Gasteiger partial charge on any atom is -0.497 e. The molecule has 0 aliphatic rings. The van der Waals surface area contributed by atoms with Crippen molar-refractivity contribution in [1.29, 1.82) is 0 Å². The molecule has 1 amide bonds. The van der Waals surface area contributed by atoms with Crippen molar-refractivity contribution in [3.05, 3.63) is 48.5 Å². The summed E-state index contributed by atoms with van der Waals surface area (Å²) in [7, 11) is -1.70. The molecule has 0 spiro atoms.